The molecule has 0 fully saturated rings. The molecule has 0 radical (unpaired) electrons. The molecule has 0 saturated carbocycles. The average molecular weight is 379 g/mol. The third-order valence-corrected chi connectivity index (χ3v) is 4.62. The number of nitrogens with two attached hydrogens (primary N) is 4. The van der Waals surface area contributed by atoms with E-state index in [0.717, 1.165) is 27.5 Å². The standard InChI is InChI=1S/C20H25N7O/c21-19(22)25-7-9-27(10-8-26-20(23)24)12-15-11-14-5-1-3-13-4-2-6-16(17(13)14)18(15)28/h1-6,11H,7-10,12H2,(H4,21,22,25)(H4,23,24,26). The molecule has 0 aromatic heterocycles. The van der Waals surface area contributed by atoms with Gasteiger partial charge in [-0.1, -0.05) is 36.4 Å². The van der Waals surface area contributed by atoms with E-state index in [-0.39, 0.29) is 17.7 Å². The second kappa shape index (κ2) is 8.53. The monoisotopic (exact) mass is 379 g/mol. The van der Waals surface area contributed by atoms with Crippen LogP contribution >= 0.6 is 0 Å². The highest BCUT2D eigenvalue weighted by Crippen LogP contribution is 2.31. The van der Waals surface area contributed by atoms with Crippen LogP contribution in [0.3, 0.4) is 0 Å². The minimum atomic E-state index is 0.0396. The Labute approximate surface area is 163 Å². The molecular formula is C20H25N7O. The zero-order valence-corrected chi connectivity index (χ0v) is 15.6. The summed E-state index contributed by atoms with van der Waals surface area (Å²) in [5.41, 5.74) is 24.1. The number of rotatable bonds is 8. The first-order valence-electron chi connectivity index (χ1n) is 9.06. The van der Waals surface area contributed by atoms with Crippen molar-refractivity contribution in [3.05, 3.63) is 53.1 Å². The second-order valence-electron chi connectivity index (χ2n) is 6.64. The minimum absolute atomic E-state index is 0.0396. The zero-order valence-electron chi connectivity index (χ0n) is 15.6. The van der Waals surface area contributed by atoms with Crippen molar-refractivity contribution in [2.24, 2.45) is 32.9 Å². The Hall–Kier alpha value is -3.39. The maximum atomic E-state index is 13.1. The highest BCUT2D eigenvalue weighted by Gasteiger charge is 2.23. The van der Waals surface area contributed by atoms with Crippen LogP contribution in [0.2, 0.25) is 0 Å². The van der Waals surface area contributed by atoms with Gasteiger partial charge in [-0.2, -0.15) is 0 Å². The lowest BCUT2D eigenvalue weighted by molar-refractivity contribution is 0.102. The predicted molar refractivity (Wildman–Crippen MR) is 114 cm³/mol. The van der Waals surface area contributed by atoms with E-state index in [4.69, 9.17) is 22.9 Å². The summed E-state index contributed by atoms with van der Waals surface area (Å²) in [5, 5.41) is 2.07. The maximum Gasteiger partial charge on any atom is 0.190 e. The molecule has 0 bridgehead atoms. The average Bonchev–Trinajstić information content (AvgIpc) is 2.65. The lowest BCUT2D eigenvalue weighted by Gasteiger charge is -2.24. The number of Topliss-reactive ketones (excluding diaryl/α,β-unsaturated/α-hetero) is 1. The van der Waals surface area contributed by atoms with Crippen LogP contribution in [0.4, 0.5) is 0 Å². The number of carbonyl (C=O) groups excluding carboxylic acids is 1. The van der Waals surface area contributed by atoms with Gasteiger partial charge in [0.25, 0.3) is 0 Å². The normalized spacial score (nSPS) is 12.8. The summed E-state index contributed by atoms with van der Waals surface area (Å²) in [6.45, 7) is 2.47. The Bertz CT molecular complexity index is 942. The Morgan fingerprint density at radius 2 is 1.50 bits per heavy atom. The number of ketones is 1. The van der Waals surface area contributed by atoms with E-state index in [0.29, 0.717) is 32.7 Å². The van der Waals surface area contributed by atoms with Gasteiger partial charge in [0.2, 0.25) is 0 Å². The van der Waals surface area contributed by atoms with Crippen LogP contribution in [0.25, 0.3) is 16.8 Å². The van der Waals surface area contributed by atoms with Gasteiger partial charge in [-0.15, -0.1) is 0 Å². The fraction of sp³-hybridized carbons (Fsp3) is 0.250. The van der Waals surface area contributed by atoms with E-state index in [1.54, 1.807) is 0 Å². The van der Waals surface area contributed by atoms with Crippen molar-refractivity contribution in [1.82, 2.24) is 4.90 Å². The SMILES string of the molecule is NC(N)=NCCN(CCN=C(N)N)CC1=Cc2cccc3cccc(c23)C1=O. The summed E-state index contributed by atoms with van der Waals surface area (Å²) in [4.78, 5) is 23.2. The van der Waals surface area contributed by atoms with Crippen molar-refractivity contribution >= 4 is 34.6 Å². The second-order valence-corrected chi connectivity index (χ2v) is 6.64. The van der Waals surface area contributed by atoms with Crippen molar-refractivity contribution in [3.8, 4) is 0 Å². The van der Waals surface area contributed by atoms with Gasteiger partial charge in [0.05, 0.1) is 13.1 Å². The van der Waals surface area contributed by atoms with Crippen molar-refractivity contribution < 1.29 is 4.79 Å². The molecule has 146 valence electrons. The van der Waals surface area contributed by atoms with E-state index in [1.165, 1.54) is 0 Å². The number of carbonyl (C=O) groups is 1. The molecule has 0 amide bonds. The lowest BCUT2D eigenvalue weighted by atomic mass is 9.88. The first kappa shape index (κ1) is 19.4. The fourth-order valence-corrected chi connectivity index (χ4v) is 3.38. The zero-order chi connectivity index (χ0) is 20.1. The van der Waals surface area contributed by atoms with Crippen molar-refractivity contribution in [3.63, 3.8) is 0 Å². The van der Waals surface area contributed by atoms with Gasteiger partial charge in [0.1, 0.15) is 0 Å². The van der Waals surface area contributed by atoms with Gasteiger partial charge in [-0.3, -0.25) is 19.7 Å². The summed E-state index contributed by atoms with van der Waals surface area (Å²) in [5.74, 6) is 0.119. The Morgan fingerprint density at radius 3 is 2.11 bits per heavy atom. The van der Waals surface area contributed by atoms with Crippen LogP contribution in [0.1, 0.15) is 15.9 Å². The molecule has 0 saturated heterocycles. The number of hydrogen-bond donors (Lipinski definition) is 4. The topological polar surface area (TPSA) is 149 Å². The molecular weight excluding hydrogens is 354 g/mol. The Morgan fingerprint density at radius 1 is 0.893 bits per heavy atom. The van der Waals surface area contributed by atoms with Crippen molar-refractivity contribution in [1.29, 1.82) is 0 Å². The Balaban J connectivity index is 1.83. The third kappa shape index (κ3) is 4.47. The van der Waals surface area contributed by atoms with Crippen LogP contribution in [0, 0.1) is 0 Å². The molecule has 0 heterocycles. The third-order valence-electron chi connectivity index (χ3n) is 4.62. The molecule has 0 unspecified atom stereocenters. The van der Waals surface area contributed by atoms with Gasteiger partial charge in [0, 0.05) is 36.2 Å². The molecule has 8 nitrogen and oxygen atoms in total. The van der Waals surface area contributed by atoms with Crippen LogP contribution in [-0.4, -0.2) is 55.3 Å². The number of benzene rings is 2. The number of aliphatic imine (C=N–C) groups is 2. The number of hydrogen-bond acceptors (Lipinski definition) is 4. The summed E-state index contributed by atoms with van der Waals surface area (Å²) >= 11 is 0. The summed E-state index contributed by atoms with van der Waals surface area (Å²) in [6.07, 6.45) is 1.96. The molecule has 28 heavy (non-hydrogen) atoms. The molecule has 3 rings (SSSR count). The van der Waals surface area contributed by atoms with Crippen molar-refractivity contribution in [2.45, 2.75) is 0 Å². The summed E-state index contributed by atoms with van der Waals surface area (Å²) < 4.78 is 0. The van der Waals surface area contributed by atoms with Crippen LogP contribution < -0.4 is 22.9 Å². The quantitative estimate of drug-likeness (QED) is 0.382. The van der Waals surface area contributed by atoms with Crippen LogP contribution in [0.5, 0.6) is 0 Å². The van der Waals surface area contributed by atoms with Gasteiger partial charge >= 0.3 is 0 Å². The van der Waals surface area contributed by atoms with Gasteiger partial charge in [-0.05, 0) is 17.0 Å². The molecule has 0 aliphatic heterocycles. The van der Waals surface area contributed by atoms with E-state index in [2.05, 4.69) is 14.9 Å². The highest BCUT2D eigenvalue weighted by molar-refractivity contribution is 6.22. The fourth-order valence-electron chi connectivity index (χ4n) is 3.38. The molecule has 8 heteroatoms. The first-order chi connectivity index (χ1) is 13.5. The van der Waals surface area contributed by atoms with E-state index in [9.17, 15) is 4.79 Å². The van der Waals surface area contributed by atoms with E-state index < -0.39 is 0 Å². The molecule has 8 N–H and O–H groups in total. The molecule has 2 aromatic carbocycles. The molecule has 0 atom stereocenters. The van der Waals surface area contributed by atoms with Crippen LogP contribution in [0.15, 0.2) is 52.0 Å². The van der Waals surface area contributed by atoms with Gasteiger partial charge in [0.15, 0.2) is 17.7 Å². The van der Waals surface area contributed by atoms with Crippen LogP contribution in [-0.2, 0) is 0 Å². The lowest BCUT2D eigenvalue weighted by Crippen LogP contribution is -2.35. The first-order valence-corrected chi connectivity index (χ1v) is 9.06. The largest absolute Gasteiger partial charge is 0.370 e. The molecule has 2 aromatic rings. The number of nitrogens with zero attached hydrogens (tertiary/aromatic N) is 3. The Kier molecular flexibility index (Phi) is 5.90. The predicted octanol–water partition coefficient (Wildman–Crippen LogP) is 0.268. The maximum absolute atomic E-state index is 13.1. The summed E-state index contributed by atoms with van der Waals surface area (Å²) in [6, 6.07) is 11.9. The van der Waals surface area contributed by atoms with E-state index >= 15 is 0 Å². The van der Waals surface area contributed by atoms with Crippen molar-refractivity contribution in [2.75, 3.05) is 32.7 Å². The molecule has 1 aliphatic carbocycles. The minimum Gasteiger partial charge on any atom is -0.370 e. The van der Waals surface area contributed by atoms with Gasteiger partial charge in [-0.25, -0.2) is 0 Å². The molecule has 1 aliphatic rings. The number of guanidine groups is 2. The van der Waals surface area contributed by atoms with Gasteiger partial charge < -0.3 is 22.9 Å². The smallest absolute Gasteiger partial charge is 0.190 e. The summed E-state index contributed by atoms with van der Waals surface area (Å²) in [7, 11) is 0. The highest BCUT2D eigenvalue weighted by atomic mass is 16.1. The van der Waals surface area contributed by atoms with E-state index in [1.807, 2.05) is 42.5 Å². The molecule has 0 spiro atoms.